The number of hydrogen-bond donors (Lipinski definition) is 0. The maximum Gasteiger partial charge on any atom is 0.314 e. The van der Waals surface area contributed by atoms with Gasteiger partial charge in [-0.3, -0.25) is 29.0 Å². The number of piperidine rings is 2. The molecular formula is C38H46N2O8. The Morgan fingerprint density at radius 2 is 0.917 bits per heavy atom. The zero-order chi connectivity index (χ0) is 33.7. The molecule has 0 N–H and O–H groups in total. The first-order valence-electron chi connectivity index (χ1n) is 17.3. The molecule has 2 aromatic carbocycles. The fourth-order valence-corrected chi connectivity index (χ4v) is 9.94. The predicted octanol–water partition coefficient (Wildman–Crippen LogP) is 3.94. The number of hydrogen-bond acceptors (Lipinski definition) is 10. The number of carbonyl (C=O) groups excluding carboxylic acids is 4. The highest BCUT2D eigenvalue weighted by molar-refractivity contribution is 5.88. The number of ether oxygens (including phenoxy) is 4. The third kappa shape index (κ3) is 5.50. The normalized spacial score (nSPS) is 37.2. The maximum absolute atomic E-state index is 14.5. The molecule has 5 aliphatic rings. The largest absolute Gasteiger partial charge is 0.469 e. The fraction of sp³-hybridized carbons (Fsp3) is 0.579. The summed E-state index contributed by atoms with van der Waals surface area (Å²) in [5.74, 6) is -5.41. The van der Waals surface area contributed by atoms with Crippen LogP contribution in [0.25, 0.3) is 0 Å². The molecule has 2 unspecified atom stereocenters. The summed E-state index contributed by atoms with van der Waals surface area (Å²) < 4.78 is 23.1. The average Bonchev–Trinajstić information content (AvgIpc) is 3.45. The van der Waals surface area contributed by atoms with Crippen molar-refractivity contribution >= 4 is 23.9 Å². The van der Waals surface area contributed by atoms with Crippen LogP contribution in [0.4, 0.5) is 0 Å². The quantitative estimate of drug-likeness (QED) is 0.306. The lowest BCUT2D eigenvalue weighted by Crippen LogP contribution is -2.58. The second-order valence-corrected chi connectivity index (χ2v) is 14.4. The van der Waals surface area contributed by atoms with Crippen molar-refractivity contribution in [2.75, 3.05) is 28.3 Å². The zero-order valence-corrected chi connectivity index (χ0v) is 28.1. The molecule has 4 aliphatic heterocycles. The van der Waals surface area contributed by atoms with Crippen molar-refractivity contribution in [2.45, 2.75) is 86.7 Å². The highest BCUT2D eigenvalue weighted by atomic mass is 16.6. The van der Waals surface area contributed by atoms with Crippen LogP contribution in [0.1, 0.15) is 61.5 Å². The van der Waals surface area contributed by atoms with Crippen LogP contribution in [-0.2, 0) is 38.1 Å². The molecule has 10 heteroatoms. The number of nitrogens with zero attached hydrogens (tertiary/aromatic N) is 2. The molecule has 4 saturated heterocycles. The summed E-state index contributed by atoms with van der Waals surface area (Å²) in [7, 11) is 6.77. The standard InChI is InChI=1S/C38H46N2O8/c1-39-23-15-17-25(39)31(35(41)45-3)27(19-23)47-37(43)33-29(21-11-7-5-8-12-21)30(22-13-9-6-10-14-22)34(33)38(44)48-28-20-24-16-18-26(40(24)2)32(28)36(42)46-4/h5-14,23-34H,15-20H2,1-4H3/t23-,24-,25+,26+,27?,28?,29-,30+,31+,32+,33+,34-/m0/s1. The molecule has 10 nitrogen and oxygen atoms in total. The second kappa shape index (κ2) is 13.3. The molecule has 5 fully saturated rings. The Kier molecular flexibility index (Phi) is 9.06. The van der Waals surface area contributed by atoms with Crippen LogP contribution in [-0.4, -0.2) is 98.4 Å². The monoisotopic (exact) mass is 658 g/mol. The van der Waals surface area contributed by atoms with Gasteiger partial charge in [-0.25, -0.2) is 0 Å². The van der Waals surface area contributed by atoms with Crippen molar-refractivity contribution in [1.29, 1.82) is 0 Å². The van der Waals surface area contributed by atoms with Gasteiger partial charge in [0.1, 0.15) is 24.0 Å². The Hall–Kier alpha value is -3.76. The van der Waals surface area contributed by atoms with E-state index >= 15 is 0 Å². The smallest absolute Gasteiger partial charge is 0.314 e. The first-order valence-corrected chi connectivity index (χ1v) is 17.3. The van der Waals surface area contributed by atoms with Gasteiger partial charge in [0.05, 0.1) is 26.1 Å². The topological polar surface area (TPSA) is 112 Å². The van der Waals surface area contributed by atoms with E-state index in [2.05, 4.69) is 9.80 Å². The molecule has 4 bridgehead atoms. The summed E-state index contributed by atoms with van der Waals surface area (Å²) >= 11 is 0. The average molecular weight is 659 g/mol. The summed E-state index contributed by atoms with van der Waals surface area (Å²) in [6, 6.07) is 19.8. The minimum Gasteiger partial charge on any atom is -0.469 e. The number of esters is 4. The van der Waals surface area contributed by atoms with E-state index in [-0.39, 0.29) is 47.9 Å². The summed E-state index contributed by atoms with van der Waals surface area (Å²) in [5, 5.41) is 0. The van der Waals surface area contributed by atoms with E-state index in [9.17, 15) is 19.2 Å². The van der Waals surface area contributed by atoms with Gasteiger partial charge in [0, 0.05) is 48.8 Å². The van der Waals surface area contributed by atoms with Crippen LogP contribution >= 0.6 is 0 Å². The summed E-state index contributed by atoms with van der Waals surface area (Å²) in [6.07, 6.45) is 3.24. The summed E-state index contributed by atoms with van der Waals surface area (Å²) in [5.41, 5.74) is 1.85. The molecule has 0 amide bonds. The Morgan fingerprint density at radius 3 is 1.27 bits per heavy atom. The molecular weight excluding hydrogens is 612 g/mol. The van der Waals surface area contributed by atoms with Gasteiger partial charge in [0.25, 0.3) is 0 Å². The maximum atomic E-state index is 14.5. The van der Waals surface area contributed by atoms with Crippen molar-refractivity contribution in [2.24, 2.45) is 23.7 Å². The van der Waals surface area contributed by atoms with E-state index in [4.69, 9.17) is 18.9 Å². The Labute approximate surface area is 282 Å². The number of fused-ring (bicyclic) bond motifs is 4. The highest BCUT2D eigenvalue weighted by Crippen LogP contribution is 2.59. The number of carbonyl (C=O) groups is 4. The summed E-state index contributed by atoms with van der Waals surface area (Å²) in [4.78, 5) is 59.7. The van der Waals surface area contributed by atoms with Crippen molar-refractivity contribution in [3.63, 3.8) is 0 Å². The van der Waals surface area contributed by atoms with E-state index in [1.165, 1.54) is 14.2 Å². The first-order chi connectivity index (χ1) is 23.2. The van der Waals surface area contributed by atoms with Crippen LogP contribution in [0.2, 0.25) is 0 Å². The van der Waals surface area contributed by atoms with Crippen molar-refractivity contribution < 1.29 is 38.1 Å². The lowest BCUT2D eigenvalue weighted by atomic mass is 9.52. The molecule has 7 rings (SSSR count). The molecule has 12 atom stereocenters. The van der Waals surface area contributed by atoms with Crippen molar-refractivity contribution in [3.8, 4) is 0 Å². The van der Waals surface area contributed by atoms with Gasteiger partial charge in [-0.05, 0) is 50.9 Å². The Morgan fingerprint density at radius 1 is 0.542 bits per heavy atom. The number of rotatable bonds is 8. The third-order valence-electron chi connectivity index (χ3n) is 12.4. The van der Waals surface area contributed by atoms with Crippen LogP contribution in [0.15, 0.2) is 60.7 Å². The molecule has 4 heterocycles. The molecule has 0 spiro atoms. The van der Waals surface area contributed by atoms with Gasteiger partial charge >= 0.3 is 23.9 Å². The van der Waals surface area contributed by atoms with E-state index in [1.807, 2.05) is 74.8 Å². The summed E-state index contributed by atoms with van der Waals surface area (Å²) in [6.45, 7) is 0. The molecule has 48 heavy (non-hydrogen) atoms. The van der Waals surface area contributed by atoms with Crippen molar-refractivity contribution in [1.82, 2.24) is 9.80 Å². The van der Waals surface area contributed by atoms with E-state index in [0.29, 0.717) is 12.8 Å². The molecule has 2 aromatic rings. The Balaban J connectivity index is 1.23. The van der Waals surface area contributed by atoms with Crippen LogP contribution in [0.3, 0.4) is 0 Å². The lowest BCUT2D eigenvalue weighted by Gasteiger charge is -2.51. The van der Waals surface area contributed by atoms with Gasteiger partial charge in [0.15, 0.2) is 0 Å². The molecule has 1 saturated carbocycles. The third-order valence-corrected chi connectivity index (χ3v) is 12.4. The van der Waals surface area contributed by atoms with Crippen LogP contribution in [0, 0.1) is 23.7 Å². The number of methoxy groups -OCH3 is 2. The highest BCUT2D eigenvalue weighted by Gasteiger charge is 2.62. The Bertz CT molecular complexity index is 1410. The minimum atomic E-state index is -0.847. The van der Waals surface area contributed by atoms with Crippen LogP contribution < -0.4 is 0 Å². The molecule has 256 valence electrons. The van der Waals surface area contributed by atoms with Gasteiger partial charge in [-0.1, -0.05) is 60.7 Å². The second-order valence-electron chi connectivity index (χ2n) is 14.4. The molecule has 0 radical (unpaired) electrons. The van der Waals surface area contributed by atoms with Gasteiger partial charge < -0.3 is 18.9 Å². The SMILES string of the molecule is COC(=O)[C@H]1C(OC(=O)[C@@H]2[C@H](C(=O)OC3C[C@@H]4CC[C@H]([C@H]3C(=O)OC)N4C)[C@@H](c3ccccc3)[C@H]2c2ccccc2)C[C@@H]2CC[C@H]1N2C. The number of benzene rings is 2. The zero-order valence-electron chi connectivity index (χ0n) is 28.1. The van der Waals surface area contributed by atoms with Gasteiger partial charge in [0.2, 0.25) is 0 Å². The fourth-order valence-electron chi connectivity index (χ4n) is 9.94. The molecule has 1 aliphatic carbocycles. The molecule has 0 aromatic heterocycles. The van der Waals surface area contributed by atoms with E-state index < -0.39 is 47.8 Å². The van der Waals surface area contributed by atoms with Gasteiger partial charge in [-0.2, -0.15) is 0 Å². The predicted molar refractivity (Wildman–Crippen MR) is 174 cm³/mol. The van der Waals surface area contributed by atoms with Crippen LogP contribution in [0.5, 0.6) is 0 Å². The van der Waals surface area contributed by atoms with Gasteiger partial charge in [-0.15, -0.1) is 0 Å². The van der Waals surface area contributed by atoms with Crippen molar-refractivity contribution in [3.05, 3.63) is 71.8 Å². The first kappa shape index (κ1) is 32.8. The van der Waals surface area contributed by atoms with E-state index in [0.717, 1.165) is 36.8 Å². The minimum absolute atomic E-state index is 0.0757. The van der Waals surface area contributed by atoms with E-state index in [1.54, 1.807) is 0 Å². The lowest BCUT2D eigenvalue weighted by molar-refractivity contribution is -0.190.